The third-order valence-corrected chi connectivity index (χ3v) is 3.65. The van der Waals surface area contributed by atoms with Crippen molar-refractivity contribution in [3.8, 4) is 5.75 Å². The molecular formula is C15H25NO. The van der Waals surface area contributed by atoms with Crippen molar-refractivity contribution in [3.05, 3.63) is 28.3 Å². The molecule has 0 heterocycles. The number of hydrogen-bond acceptors (Lipinski definition) is 2. The van der Waals surface area contributed by atoms with Crippen LogP contribution in [0.2, 0.25) is 0 Å². The number of nitrogens with one attached hydrogen (secondary N) is 1. The molecule has 0 saturated carbocycles. The maximum Gasteiger partial charge on any atom is 0.124 e. The highest BCUT2D eigenvalue weighted by atomic mass is 16.5. The first-order valence-corrected chi connectivity index (χ1v) is 6.36. The van der Waals surface area contributed by atoms with Crippen molar-refractivity contribution in [1.29, 1.82) is 0 Å². The second-order valence-electron chi connectivity index (χ2n) is 4.73. The second kappa shape index (κ2) is 6.06. The number of rotatable bonds is 5. The molecule has 96 valence electrons. The SMILES string of the molecule is CCC(CNC)c1cc(C)c(OC)c(C)c1C. The number of methoxy groups -OCH3 is 1. The molecule has 0 aromatic heterocycles. The van der Waals surface area contributed by atoms with E-state index in [0.29, 0.717) is 5.92 Å². The summed E-state index contributed by atoms with van der Waals surface area (Å²) in [7, 11) is 3.76. The smallest absolute Gasteiger partial charge is 0.124 e. The first-order chi connectivity index (χ1) is 8.06. The standard InChI is InChI=1S/C15H25NO/c1-7-13(9-16-5)14-8-10(2)15(17-6)12(4)11(14)3/h8,13,16H,7,9H2,1-6H3. The van der Waals surface area contributed by atoms with Gasteiger partial charge in [0.1, 0.15) is 5.75 Å². The van der Waals surface area contributed by atoms with E-state index < -0.39 is 0 Å². The van der Waals surface area contributed by atoms with Crippen molar-refractivity contribution in [2.45, 2.75) is 40.0 Å². The Morgan fingerprint density at radius 2 is 1.88 bits per heavy atom. The highest BCUT2D eigenvalue weighted by Crippen LogP contribution is 2.33. The third kappa shape index (κ3) is 2.81. The molecule has 1 N–H and O–H groups in total. The van der Waals surface area contributed by atoms with Crippen molar-refractivity contribution < 1.29 is 4.74 Å². The highest BCUT2D eigenvalue weighted by Gasteiger charge is 2.16. The molecule has 2 heteroatoms. The first-order valence-electron chi connectivity index (χ1n) is 6.36. The van der Waals surface area contributed by atoms with E-state index in [1.165, 1.54) is 22.3 Å². The molecule has 1 unspecified atom stereocenters. The molecule has 0 fully saturated rings. The second-order valence-corrected chi connectivity index (χ2v) is 4.73. The van der Waals surface area contributed by atoms with Gasteiger partial charge in [-0.25, -0.2) is 0 Å². The summed E-state index contributed by atoms with van der Waals surface area (Å²) in [6.07, 6.45) is 1.16. The molecule has 1 aromatic carbocycles. The van der Waals surface area contributed by atoms with E-state index in [9.17, 15) is 0 Å². The molecule has 0 spiro atoms. The van der Waals surface area contributed by atoms with Gasteiger partial charge in [-0.15, -0.1) is 0 Å². The van der Waals surface area contributed by atoms with E-state index in [-0.39, 0.29) is 0 Å². The normalized spacial score (nSPS) is 12.6. The topological polar surface area (TPSA) is 21.3 Å². The van der Waals surface area contributed by atoms with Crippen LogP contribution in [-0.2, 0) is 0 Å². The van der Waals surface area contributed by atoms with Gasteiger partial charge in [0.2, 0.25) is 0 Å². The highest BCUT2D eigenvalue weighted by molar-refractivity contribution is 5.50. The third-order valence-electron chi connectivity index (χ3n) is 3.65. The molecule has 0 amide bonds. The summed E-state index contributed by atoms with van der Waals surface area (Å²) in [5.74, 6) is 1.62. The number of likely N-dealkylation sites (N-methyl/N-ethyl adjacent to an activating group) is 1. The van der Waals surface area contributed by atoms with Gasteiger partial charge in [-0.05, 0) is 62.4 Å². The maximum absolute atomic E-state index is 5.47. The maximum atomic E-state index is 5.47. The Bertz CT molecular complexity index is 385. The van der Waals surface area contributed by atoms with Gasteiger partial charge < -0.3 is 10.1 Å². The van der Waals surface area contributed by atoms with Gasteiger partial charge in [0, 0.05) is 6.54 Å². The minimum absolute atomic E-state index is 0.586. The van der Waals surface area contributed by atoms with Gasteiger partial charge >= 0.3 is 0 Å². The van der Waals surface area contributed by atoms with E-state index in [2.05, 4.69) is 39.1 Å². The van der Waals surface area contributed by atoms with Gasteiger partial charge in [0.25, 0.3) is 0 Å². The van der Waals surface area contributed by atoms with Crippen LogP contribution in [0.1, 0.15) is 41.5 Å². The Morgan fingerprint density at radius 1 is 1.24 bits per heavy atom. The van der Waals surface area contributed by atoms with Crippen LogP contribution >= 0.6 is 0 Å². The molecule has 0 aliphatic carbocycles. The lowest BCUT2D eigenvalue weighted by molar-refractivity contribution is 0.407. The molecule has 0 radical (unpaired) electrons. The molecule has 2 nitrogen and oxygen atoms in total. The lowest BCUT2D eigenvalue weighted by atomic mass is 9.88. The van der Waals surface area contributed by atoms with Gasteiger partial charge in [-0.1, -0.05) is 13.0 Å². The molecule has 1 atom stereocenters. The first kappa shape index (κ1) is 14.0. The fourth-order valence-corrected chi connectivity index (χ4v) is 2.55. The number of benzene rings is 1. The van der Waals surface area contributed by atoms with Gasteiger partial charge in [0.05, 0.1) is 7.11 Å². The molecule has 17 heavy (non-hydrogen) atoms. The Morgan fingerprint density at radius 3 is 2.35 bits per heavy atom. The summed E-state index contributed by atoms with van der Waals surface area (Å²) < 4.78 is 5.47. The van der Waals surface area contributed by atoms with Crippen molar-refractivity contribution >= 4 is 0 Å². The van der Waals surface area contributed by atoms with E-state index in [1.807, 2.05) is 7.05 Å². The fraction of sp³-hybridized carbons (Fsp3) is 0.600. The van der Waals surface area contributed by atoms with Gasteiger partial charge in [0.15, 0.2) is 0 Å². The monoisotopic (exact) mass is 235 g/mol. The van der Waals surface area contributed by atoms with Crippen LogP contribution in [0.15, 0.2) is 6.07 Å². The summed E-state index contributed by atoms with van der Waals surface area (Å²) in [5, 5.41) is 3.28. The minimum atomic E-state index is 0.586. The molecule has 0 aliphatic heterocycles. The molecule has 1 aromatic rings. The average Bonchev–Trinajstić information content (AvgIpc) is 2.32. The van der Waals surface area contributed by atoms with E-state index in [1.54, 1.807) is 7.11 Å². The van der Waals surface area contributed by atoms with Crippen LogP contribution in [0.3, 0.4) is 0 Å². The summed E-state index contributed by atoms with van der Waals surface area (Å²) >= 11 is 0. The summed E-state index contributed by atoms with van der Waals surface area (Å²) in [6.45, 7) is 9.75. The fourth-order valence-electron chi connectivity index (χ4n) is 2.55. The van der Waals surface area contributed by atoms with Crippen molar-refractivity contribution in [2.75, 3.05) is 20.7 Å². The predicted molar refractivity (Wildman–Crippen MR) is 74.2 cm³/mol. The van der Waals surface area contributed by atoms with E-state index >= 15 is 0 Å². The van der Waals surface area contributed by atoms with Crippen molar-refractivity contribution in [2.24, 2.45) is 0 Å². The van der Waals surface area contributed by atoms with Crippen LogP contribution in [-0.4, -0.2) is 20.7 Å². The number of aryl methyl sites for hydroxylation is 1. The molecule has 0 bridgehead atoms. The molecular weight excluding hydrogens is 210 g/mol. The average molecular weight is 235 g/mol. The minimum Gasteiger partial charge on any atom is -0.496 e. The van der Waals surface area contributed by atoms with Crippen LogP contribution in [0.5, 0.6) is 5.75 Å². The van der Waals surface area contributed by atoms with E-state index in [4.69, 9.17) is 4.74 Å². The van der Waals surface area contributed by atoms with Crippen LogP contribution in [0.4, 0.5) is 0 Å². The Hall–Kier alpha value is -1.02. The van der Waals surface area contributed by atoms with Gasteiger partial charge in [-0.2, -0.15) is 0 Å². The molecule has 0 aliphatic rings. The lowest BCUT2D eigenvalue weighted by Gasteiger charge is -2.21. The van der Waals surface area contributed by atoms with Crippen molar-refractivity contribution in [3.63, 3.8) is 0 Å². The van der Waals surface area contributed by atoms with Crippen LogP contribution in [0, 0.1) is 20.8 Å². The van der Waals surface area contributed by atoms with Crippen LogP contribution in [0.25, 0.3) is 0 Å². The Kier molecular flexibility index (Phi) is 5.01. The molecule has 0 saturated heterocycles. The largest absolute Gasteiger partial charge is 0.496 e. The van der Waals surface area contributed by atoms with E-state index in [0.717, 1.165) is 18.7 Å². The Labute approximate surface area is 105 Å². The summed E-state index contributed by atoms with van der Waals surface area (Å²) in [4.78, 5) is 0. The van der Waals surface area contributed by atoms with Gasteiger partial charge in [-0.3, -0.25) is 0 Å². The van der Waals surface area contributed by atoms with Crippen molar-refractivity contribution in [1.82, 2.24) is 5.32 Å². The quantitative estimate of drug-likeness (QED) is 0.845. The number of ether oxygens (including phenoxy) is 1. The number of hydrogen-bond donors (Lipinski definition) is 1. The summed E-state index contributed by atoms with van der Waals surface area (Å²) in [5.41, 5.74) is 5.34. The Balaban J connectivity index is 3.25. The zero-order valence-corrected chi connectivity index (χ0v) is 12.0. The lowest BCUT2D eigenvalue weighted by Crippen LogP contribution is -2.18. The van der Waals surface area contributed by atoms with Crippen LogP contribution < -0.4 is 10.1 Å². The molecule has 1 rings (SSSR count). The zero-order chi connectivity index (χ0) is 13.0. The predicted octanol–water partition coefficient (Wildman–Crippen LogP) is 3.33. The zero-order valence-electron chi connectivity index (χ0n) is 12.0. The summed E-state index contributed by atoms with van der Waals surface area (Å²) in [6, 6.07) is 2.28.